The molecule has 0 fully saturated rings. The molecular weight excluding hydrogens is 337 g/mol. The van der Waals surface area contributed by atoms with E-state index in [-0.39, 0.29) is 5.82 Å². The van der Waals surface area contributed by atoms with Crippen LogP contribution in [-0.4, -0.2) is 20.7 Å². The monoisotopic (exact) mass is 357 g/mol. The fourth-order valence-corrected chi connectivity index (χ4v) is 2.65. The number of pyridine rings is 1. The predicted molar refractivity (Wildman–Crippen MR) is 93.4 cm³/mol. The van der Waals surface area contributed by atoms with Crippen molar-refractivity contribution in [2.75, 3.05) is 14.2 Å². The second-order valence-electron chi connectivity index (χ2n) is 5.49. The van der Waals surface area contributed by atoms with Gasteiger partial charge in [0.2, 0.25) is 0 Å². The average molecular weight is 357 g/mol. The molecule has 6 heteroatoms. The Balaban J connectivity index is 0.000000758. The maximum Gasteiger partial charge on any atom is 0.176 e. The van der Waals surface area contributed by atoms with Crippen LogP contribution >= 0.6 is 0 Å². The molecule has 1 aromatic heterocycles. The van der Waals surface area contributed by atoms with Crippen molar-refractivity contribution in [3.05, 3.63) is 66.2 Å². The first kappa shape index (κ1) is 19.2. The first-order chi connectivity index (χ1) is 12.6. The molecule has 0 N–H and O–H groups in total. The maximum atomic E-state index is 13.2. The van der Waals surface area contributed by atoms with Crippen LogP contribution in [0.4, 0.5) is 4.39 Å². The van der Waals surface area contributed by atoms with Gasteiger partial charge in [-0.15, -0.1) is 0 Å². The molecule has 0 radical (unpaired) electrons. The number of aromatic nitrogens is 1. The van der Waals surface area contributed by atoms with Crippen molar-refractivity contribution in [3.63, 3.8) is 0 Å². The molecule has 0 saturated carbocycles. The van der Waals surface area contributed by atoms with Crippen molar-refractivity contribution in [2.24, 2.45) is 0 Å². The first-order valence-corrected chi connectivity index (χ1v) is 7.96. The van der Waals surface area contributed by atoms with Gasteiger partial charge in [-0.1, -0.05) is 12.1 Å². The quantitative estimate of drug-likeness (QED) is 0.517. The molecule has 136 valence electrons. The number of rotatable bonds is 5. The van der Waals surface area contributed by atoms with Crippen molar-refractivity contribution in [1.82, 2.24) is 0 Å². The average Bonchev–Trinajstić information content (AvgIpc) is 2.65. The van der Waals surface area contributed by atoms with E-state index in [1.165, 1.54) is 6.07 Å². The molecule has 2 aromatic carbocycles. The number of nitrogens with zero attached hydrogens (tertiary/aromatic N) is 1. The zero-order chi connectivity index (χ0) is 18.9. The molecule has 0 atom stereocenters. The Hall–Kier alpha value is -3.15. The first-order valence-electron chi connectivity index (χ1n) is 7.96. The van der Waals surface area contributed by atoms with E-state index >= 15 is 0 Å². The minimum Gasteiger partial charge on any atom is -0.554 e. The van der Waals surface area contributed by atoms with E-state index in [2.05, 4.69) is 10.8 Å². The normalized spacial score (nSPS) is 9.96. The van der Waals surface area contributed by atoms with E-state index in [0.29, 0.717) is 5.75 Å². The van der Waals surface area contributed by atoms with Gasteiger partial charge in [0.05, 0.1) is 14.2 Å². The van der Waals surface area contributed by atoms with Crippen molar-refractivity contribution < 1.29 is 28.3 Å². The Labute approximate surface area is 151 Å². The Morgan fingerprint density at radius 3 is 2.35 bits per heavy atom. The van der Waals surface area contributed by atoms with Gasteiger partial charge in [0.15, 0.2) is 30.4 Å². The van der Waals surface area contributed by atoms with Gasteiger partial charge in [0.1, 0.15) is 5.82 Å². The van der Waals surface area contributed by atoms with Crippen LogP contribution in [0.3, 0.4) is 0 Å². The van der Waals surface area contributed by atoms with Gasteiger partial charge in [0.25, 0.3) is 0 Å². The van der Waals surface area contributed by atoms with E-state index in [0.717, 1.165) is 35.1 Å². The summed E-state index contributed by atoms with van der Waals surface area (Å²) in [7, 11) is 3.26. The number of methoxy groups -OCH3 is 2. The number of hydrogen-bond donors (Lipinski definition) is 0. The van der Waals surface area contributed by atoms with E-state index in [9.17, 15) is 4.39 Å². The summed E-state index contributed by atoms with van der Waals surface area (Å²) in [6, 6.07) is 12.7. The highest BCUT2D eigenvalue weighted by Gasteiger charge is 2.10. The van der Waals surface area contributed by atoms with E-state index in [1.54, 1.807) is 26.4 Å². The number of benzene rings is 2. The summed E-state index contributed by atoms with van der Waals surface area (Å²) in [6.07, 6.45) is 4.87. The number of ether oxygens (including phenoxy) is 2. The summed E-state index contributed by atoms with van der Waals surface area (Å²) < 4.78 is 26.0. The molecule has 0 aliphatic heterocycles. The van der Waals surface area contributed by atoms with Gasteiger partial charge in [-0.2, -0.15) is 0 Å². The van der Waals surface area contributed by atoms with Gasteiger partial charge in [-0.05, 0) is 35.2 Å². The minimum atomic E-state index is -0.500. The minimum absolute atomic E-state index is 0.192. The van der Waals surface area contributed by atoms with Gasteiger partial charge in [0, 0.05) is 24.3 Å². The number of aryl methyl sites for hydroxylation is 2. The topological polar surface area (TPSA) is 62.5 Å². The third kappa shape index (κ3) is 4.92. The lowest BCUT2D eigenvalue weighted by molar-refractivity contribution is -0.695. The molecule has 1 heterocycles. The number of fused-ring (bicyclic) bond motifs is 1. The molecule has 26 heavy (non-hydrogen) atoms. The summed E-state index contributed by atoms with van der Waals surface area (Å²) in [4.78, 5) is 8.25. The van der Waals surface area contributed by atoms with Gasteiger partial charge in [-0.3, -0.25) is 0 Å². The van der Waals surface area contributed by atoms with Crippen LogP contribution in [0.1, 0.15) is 5.56 Å². The molecule has 3 aromatic rings. The predicted octanol–water partition coefficient (Wildman–Crippen LogP) is 1.89. The smallest absolute Gasteiger partial charge is 0.176 e. The number of carbonyl (C=O) groups excluding carboxylic acids is 1. The summed E-state index contributed by atoms with van der Waals surface area (Å²) >= 11 is 0. The zero-order valence-corrected chi connectivity index (χ0v) is 14.6. The number of carbonyl (C=O) groups is 1. The third-order valence-corrected chi connectivity index (χ3v) is 3.89. The highest BCUT2D eigenvalue weighted by Crippen LogP contribution is 2.31. The van der Waals surface area contributed by atoms with E-state index in [4.69, 9.17) is 19.4 Å². The van der Waals surface area contributed by atoms with Crippen molar-refractivity contribution in [2.45, 2.75) is 13.0 Å². The Kier molecular flexibility index (Phi) is 6.91. The Morgan fingerprint density at radius 2 is 1.73 bits per heavy atom. The molecule has 0 unspecified atom stereocenters. The highest BCUT2D eigenvalue weighted by atomic mass is 19.1. The fraction of sp³-hybridized carbons (Fsp3) is 0.200. The molecule has 0 aliphatic carbocycles. The summed E-state index contributed by atoms with van der Waals surface area (Å²) in [5, 5.41) is 10.4. The summed E-state index contributed by atoms with van der Waals surface area (Å²) in [6.45, 7) is 0.285. The summed E-state index contributed by atoms with van der Waals surface area (Å²) in [5.41, 5.74) is 0.991. The van der Waals surface area contributed by atoms with Crippen molar-refractivity contribution in [3.8, 4) is 11.5 Å². The van der Waals surface area contributed by atoms with Gasteiger partial charge < -0.3 is 19.4 Å². The van der Waals surface area contributed by atoms with Crippen LogP contribution in [0, 0.1) is 5.82 Å². The van der Waals surface area contributed by atoms with Crippen molar-refractivity contribution >= 4 is 17.2 Å². The second-order valence-corrected chi connectivity index (χ2v) is 5.49. The van der Waals surface area contributed by atoms with E-state index in [1.807, 2.05) is 30.5 Å². The molecule has 3 rings (SSSR count). The number of hydrogen-bond acceptors (Lipinski definition) is 4. The van der Waals surface area contributed by atoms with Crippen LogP contribution in [0.2, 0.25) is 0 Å². The second kappa shape index (κ2) is 9.36. The largest absolute Gasteiger partial charge is 0.554 e. The third-order valence-electron chi connectivity index (χ3n) is 3.89. The molecule has 0 spiro atoms. The number of halogens is 1. The standard InChI is InChI=1S/C19H19FNO2.CH2O2/c1-22-18-11-15-7-9-21(13-16(15)12-19(18)23-2)8-6-14-4-3-5-17(20)10-14;2-1-3/h3-5,7,9-13H,6,8H2,1-2H3;1H,(H,2,3)/q+1;/p-1. The highest BCUT2D eigenvalue weighted by molar-refractivity contribution is 5.84. The fourth-order valence-electron chi connectivity index (χ4n) is 2.65. The number of carboxylic acid groups (broad SMARTS) is 1. The van der Waals surface area contributed by atoms with Crippen LogP contribution in [-0.2, 0) is 17.8 Å². The molecule has 5 nitrogen and oxygen atoms in total. The molecule has 0 aliphatic rings. The lowest BCUT2D eigenvalue weighted by atomic mass is 10.1. The van der Waals surface area contributed by atoms with Crippen LogP contribution in [0.5, 0.6) is 11.5 Å². The van der Waals surface area contributed by atoms with E-state index < -0.39 is 6.47 Å². The molecule has 0 bridgehead atoms. The van der Waals surface area contributed by atoms with Crippen LogP contribution in [0.25, 0.3) is 10.8 Å². The molecular formula is C20H20FNO4. The van der Waals surface area contributed by atoms with Crippen LogP contribution in [0.15, 0.2) is 54.9 Å². The summed E-state index contributed by atoms with van der Waals surface area (Å²) in [5.74, 6) is 1.24. The molecule has 0 saturated heterocycles. The lowest BCUT2D eigenvalue weighted by Gasteiger charge is -2.08. The van der Waals surface area contributed by atoms with Crippen LogP contribution < -0.4 is 19.1 Å². The SMILES string of the molecule is COc1cc2cc[n+](CCc3cccc(F)c3)cc2cc1OC.O=C[O-]. The maximum absolute atomic E-state index is 13.2. The Morgan fingerprint density at radius 1 is 1.08 bits per heavy atom. The van der Waals surface area contributed by atoms with Crippen molar-refractivity contribution in [1.29, 1.82) is 0 Å². The lowest BCUT2D eigenvalue weighted by Crippen LogP contribution is -2.33. The Bertz CT molecular complexity index is 883. The van der Waals surface area contributed by atoms with Gasteiger partial charge in [-0.25, -0.2) is 8.96 Å². The molecule has 0 amide bonds. The zero-order valence-electron chi connectivity index (χ0n) is 14.6. The van der Waals surface area contributed by atoms with Gasteiger partial charge >= 0.3 is 0 Å².